The minimum atomic E-state index is -4.36. The summed E-state index contributed by atoms with van der Waals surface area (Å²) in [6.07, 6.45) is 3.20. The molecule has 3 rings (SSSR count). The Balaban J connectivity index is 2.02. The maximum Gasteiger partial charge on any atom is 0.416 e. The molecular weight excluding hydrogens is 431 g/mol. The predicted molar refractivity (Wildman–Crippen MR) is 137 cm³/mol. The first-order valence-electron chi connectivity index (χ1n) is 12.8. The van der Waals surface area contributed by atoms with Crippen LogP contribution >= 0.6 is 0 Å². The second kappa shape index (κ2) is 11.5. The number of allylic oxidation sites excluding steroid dienone is 1. The van der Waals surface area contributed by atoms with Gasteiger partial charge in [-0.15, -0.1) is 0 Å². The van der Waals surface area contributed by atoms with E-state index in [9.17, 15) is 13.2 Å². The van der Waals surface area contributed by atoms with Crippen LogP contribution < -0.4 is 0 Å². The van der Waals surface area contributed by atoms with Crippen LogP contribution in [0.2, 0.25) is 0 Å². The molecule has 1 unspecified atom stereocenters. The quantitative estimate of drug-likeness (QED) is 0.371. The van der Waals surface area contributed by atoms with Crippen LogP contribution in [0, 0.1) is 11.8 Å². The summed E-state index contributed by atoms with van der Waals surface area (Å²) in [5.41, 5.74) is 2.44. The standard InChI is InChI=1S/C30H40F3N/c1-21(2)10-9-15-34-16-13-25(14-17-34)28-20-26(24-11-7-6-8-12-24)19-27(23(5)18-22(3)4)29(28)30(31,32)33/h6-9,11-12,15,19-23,25H,10,13-14,16-18H2,1-5H3. The lowest BCUT2D eigenvalue weighted by Crippen LogP contribution is -2.30. The number of nitrogens with zero attached hydrogens (tertiary/aromatic N) is 1. The Labute approximate surface area is 204 Å². The van der Waals surface area contributed by atoms with Gasteiger partial charge < -0.3 is 4.90 Å². The Morgan fingerprint density at radius 1 is 0.912 bits per heavy atom. The zero-order valence-electron chi connectivity index (χ0n) is 21.3. The number of hydrogen-bond donors (Lipinski definition) is 0. The van der Waals surface area contributed by atoms with Gasteiger partial charge in [-0.2, -0.15) is 13.2 Å². The number of halogens is 3. The first-order valence-corrected chi connectivity index (χ1v) is 12.8. The van der Waals surface area contributed by atoms with E-state index in [0.717, 1.165) is 49.9 Å². The maximum absolute atomic E-state index is 14.6. The lowest BCUT2D eigenvalue weighted by atomic mass is 9.79. The summed E-state index contributed by atoms with van der Waals surface area (Å²) in [5, 5.41) is 0. The molecule has 2 aromatic carbocycles. The summed E-state index contributed by atoms with van der Waals surface area (Å²) in [6, 6.07) is 13.5. The highest BCUT2D eigenvalue weighted by molar-refractivity contribution is 5.67. The number of alkyl halides is 3. The van der Waals surface area contributed by atoms with Gasteiger partial charge in [0.1, 0.15) is 0 Å². The molecule has 1 fully saturated rings. The van der Waals surface area contributed by atoms with Crippen molar-refractivity contribution < 1.29 is 13.2 Å². The van der Waals surface area contributed by atoms with Crippen molar-refractivity contribution in [3.05, 3.63) is 71.4 Å². The van der Waals surface area contributed by atoms with Gasteiger partial charge in [-0.3, -0.25) is 0 Å². The van der Waals surface area contributed by atoms with E-state index in [1.165, 1.54) is 0 Å². The fraction of sp³-hybridized carbons (Fsp3) is 0.533. The van der Waals surface area contributed by atoms with Gasteiger partial charge >= 0.3 is 6.18 Å². The van der Waals surface area contributed by atoms with Crippen LogP contribution in [0.4, 0.5) is 13.2 Å². The van der Waals surface area contributed by atoms with E-state index in [-0.39, 0.29) is 17.4 Å². The molecule has 2 aromatic rings. The number of hydrogen-bond acceptors (Lipinski definition) is 1. The van der Waals surface area contributed by atoms with E-state index in [1.54, 1.807) is 6.07 Å². The Kier molecular flexibility index (Phi) is 8.89. The molecule has 4 heteroatoms. The summed E-state index contributed by atoms with van der Waals surface area (Å²) in [4.78, 5) is 2.26. The minimum absolute atomic E-state index is 0.0833. The lowest BCUT2D eigenvalue weighted by Gasteiger charge is -2.34. The second-order valence-electron chi connectivity index (χ2n) is 10.7. The molecule has 1 aliphatic rings. The molecule has 0 aliphatic carbocycles. The van der Waals surface area contributed by atoms with Gasteiger partial charge in [0.05, 0.1) is 5.56 Å². The Morgan fingerprint density at radius 2 is 1.56 bits per heavy atom. The molecule has 1 saturated heterocycles. The first kappa shape index (κ1) is 26.4. The fourth-order valence-electron chi connectivity index (χ4n) is 5.20. The number of rotatable bonds is 8. The summed E-state index contributed by atoms with van der Waals surface area (Å²) in [5.74, 6) is 0.703. The van der Waals surface area contributed by atoms with Gasteiger partial charge in [0, 0.05) is 13.1 Å². The first-order chi connectivity index (χ1) is 16.1. The van der Waals surface area contributed by atoms with Crippen molar-refractivity contribution in [2.75, 3.05) is 13.1 Å². The molecule has 1 aliphatic heterocycles. The van der Waals surface area contributed by atoms with Gasteiger partial charge in [-0.25, -0.2) is 0 Å². The van der Waals surface area contributed by atoms with Crippen molar-refractivity contribution in [1.29, 1.82) is 0 Å². The summed E-state index contributed by atoms with van der Waals surface area (Å²) in [6.45, 7) is 12.1. The fourth-order valence-corrected chi connectivity index (χ4v) is 5.20. The van der Waals surface area contributed by atoms with E-state index in [2.05, 4.69) is 44.9 Å². The number of benzene rings is 2. The van der Waals surface area contributed by atoms with Crippen molar-refractivity contribution in [3.8, 4) is 11.1 Å². The Hall–Kier alpha value is -2.23. The number of piperidine rings is 1. The molecule has 0 aromatic heterocycles. The maximum atomic E-state index is 14.6. The molecule has 0 saturated carbocycles. The van der Waals surface area contributed by atoms with Gasteiger partial charge in [0.25, 0.3) is 0 Å². The van der Waals surface area contributed by atoms with E-state index in [0.29, 0.717) is 23.0 Å². The smallest absolute Gasteiger partial charge is 0.378 e. The average molecular weight is 472 g/mol. The predicted octanol–water partition coefficient (Wildman–Crippen LogP) is 9.26. The van der Waals surface area contributed by atoms with E-state index in [1.807, 2.05) is 43.3 Å². The topological polar surface area (TPSA) is 3.24 Å². The highest BCUT2D eigenvalue weighted by Gasteiger charge is 2.39. The van der Waals surface area contributed by atoms with Crippen LogP contribution in [0.3, 0.4) is 0 Å². The van der Waals surface area contributed by atoms with Crippen LogP contribution in [0.5, 0.6) is 0 Å². The third-order valence-electron chi connectivity index (χ3n) is 6.84. The molecule has 0 radical (unpaired) electrons. The zero-order chi connectivity index (χ0) is 24.9. The molecule has 0 amide bonds. The van der Waals surface area contributed by atoms with Crippen molar-refractivity contribution in [3.63, 3.8) is 0 Å². The zero-order valence-corrected chi connectivity index (χ0v) is 21.3. The van der Waals surface area contributed by atoms with Gasteiger partial charge in [0.2, 0.25) is 0 Å². The summed E-state index contributed by atoms with van der Waals surface area (Å²) < 4.78 is 43.8. The molecule has 1 nitrogen and oxygen atoms in total. The van der Waals surface area contributed by atoms with Crippen LogP contribution in [0.1, 0.15) is 88.8 Å². The van der Waals surface area contributed by atoms with Crippen LogP contribution in [0.15, 0.2) is 54.7 Å². The summed E-state index contributed by atoms with van der Waals surface area (Å²) in [7, 11) is 0. The lowest BCUT2D eigenvalue weighted by molar-refractivity contribution is -0.139. The van der Waals surface area contributed by atoms with Gasteiger partial charge in [-0.1, -0.05) is 83.2 Å². The van der Waals surface area contributed by atoms with Crippen LogP contribution in [0.25, 0.3) is 11.1 Å². The molecule has 1 heterocycles. The normalized spacial score (nSPS) is 16.7. The monoisotopic (exact) mass is 471 g/mol. The third-order valence-corrected chi connectivity index (χ3v) is 6.84. The van der Waals surface area contributed by atoms with Gasteiger partial charge in [0.15, 0.2) is 0 Å². The molecular formula is C30H40F3N. The van der Waals surface area contributed by atoms with Crippen molar-refractivity contribution in [2.45, 2.75) is 78.3 Å². The Bertz CT molecular complexity index is 936. The molecule has 0 bridgehead atoms. The molecule has 1 atom stereocenters. The second-order valence-corrected chi connectivity index (χ2v) is 10.7. The van der Waals surface area contributed by atoms with Crippen molar-refractivity contribution in [2.24, 2.45) is 11.8 Å². The highest BCUT2D eigenvalue weighted by atomic mass is 19.4. The van der Waals surface area contributed by atoms with Gasteiger partial charge in [-0.05, 0) is 77.8 Å². The van der Waals surface area contributed by atoms with Crippen LogP contribution in [-0.4, -0.2) is 18.0 Å². The van der Waals surface area contributed by atoms with E-state index >= 15 is 0 Å². The number of likely N-dealkylation sites (tertiary alicyclic amines) is 1. The highest BCUT2D eigenvalue weighted by Crippen LogP contribution is 2.45. The third kappa shape index (κ3) is 6.90. The largest absolute Gasteiger partial charge is 0.416 e. The molecule has 186 valence electrons. The van der Waals surface area contributed by atoms with E-state index in [4.69, 9.17) is 0 Å². The average Bonchev–Trinajstić information content (AvgIpc) is 2.78. The molecule has 34 heavy (non-hydrogen) atoms. The van der Waals surface area contributed by atoms with Crippen molar-refractivity contribution in [1.82, 2.24) is 4.90 Å². The van der Waals surface area contributed by atoms with E-state index < -0.39 is 6.18 Å². The Morgan fingerprint density at radius 3 is 2.12 bits per heavy atom. The SMILES string of the molecule is CC(C)CC=CN1CCC(c2cc(-c3ccccc3)cc(C(C)CC(C)C)c2C(F)(F)F)CC1. The van der Waals surface area contributed by atoms with Crippen LogP contribution in [-0.2, 0) is 6.18 Å². The minimum Gasteiger partial charge on any atom is -0.378 e. The molecule has 0 spiro atoms. The molecule has 0 N–H and O–H groups in total. The summed E-state index contributed by atoms with van der Waals surface area (Å²) >= 11 is 0. The van der Waals surface area contributed by atoms with Crippen molar-refractivity contribution >= 4 is 0 Å².